The fraction of sp³-hybridized carbons (Fsp3) is 0.565. The molecule has 0 aliphatic heterocycles. The van der Waals surface area contributed by atoms with Crippen LogP contribution in [-0.2, 0) is 25.7 Å². The highest BCUT2D eigenvalue weighted by molar-refractivity contribution is 7.29. The fourth-order valence-corrected chi connectivity index (χ4v) is 13.6. The van der Waals surface area contributed by atoms with Gasteiger partial charge in [0, 0.05) is 39.0 Å². The Morgan fingerprint density at radius 3 is 0.961 bits per heavy atom. The summed E-state index contributed by atoms with van der Waals surface area (Å²) in [6, 6.07) is 9.90. The van der Waals surface area contributed by atoms with E-state index in [0.717, 1.165) is 0 Å². The van der Waals surface area contributed by atoms with Gasteiger partial charge in [-0.3, -0.25) is 0 Å². The second-order valence-electron chi connectivity index (χ2n) is 14.8. The summed E-state index contributed by atoms with van der Waals surface area (Å²) in [6.45, 7) is 13.9. The van der Waals surface area contributed by atoms with Gasteiger partial charge in [-0.1, -0.05) is 105 Å². The molecule has 0 radical (unpaired) electrons. The van der Waals surface area contributed by atoms with Gasteiger partial charge in [-0.15, -0.1) is 56.7 Å². The lowest BCUT2D eigenvalue weighted by Gasteiger charge is -2.10. The highest BCUT2D eigenvalue weighted by Crippen LogP contribution is 2.51. The van der Waals surface area contributed by atoms with E-state index in [0.29, 0.717) is 0 Å². The van der Waals surface area contributed by atoms with Gasteiger partial charge in [0.05, 0.1) is 0 Å². The molecule has 278 valence electrons. The first kappa shape index (κ1) is 40.7. The molecule has 0 aromatic carbocycles. The van der Waals surface area contributed by atoms with E-state index in [1.807, 2.05) is 22.7 Å². The molecule has 0 bridgehead atoms. The van der Waals surface area contributed by atoms with E-state index in [1.54, 1.807) is 41.8 Å². The lowest BCUT2D eigenvalue weighted by atomic mass is 9.95. The zero-order chi connectivity index (χ0) is 36.0. The van der Waals surface area contributed by atoms with E-state index >= 15 is 0 Å². The highest BCUT2D eigenvalue weighted by atomic mass is 32.1. The lowest BCUT2D eigenvalue weighted by molar-refractivity contribution is 0.653. The third kappa shape index (κ3) is 11.0. The number of aryl methyl sites for hydroxylation is 2. The van der Waals surface area contributed by atoms with Crippen LogP contribution in [0.4, 0.5) is 0 Å². The molecule has 5 rings (SSSR count). The Balaban J connectivity index is 1.59. The molecule has 0 aliphatic carbocycles. The van der Waals surface area contributed by atoms with Gasteiger partial charge < -0.3 is 0 Å². The topological polar surface area (TPSA) is 0 Å². The quantitative estimate of drug-likeness (QED) is 0.0548. The van der Waals surface area contributed by atoms with E-state index in [1.165, 1.54) is 159 Å². The predicted octanol–water partition coefficient (Wildman–Crippen LogP) is 17.8. The van der Waals surface area contributed by atoms with Gasteiger partial charge in [0.25, 0.3) is 0 Å². The largest absolute Gasteiger partial charge is 0.143 e. The SMILES string of the molecule is CCCCCCc1c(-c2cc(C)cs2)sc(-c2ccc(-c3sc(-c4cc(C)cs4)c(CCCCCC)c3CCCCCC)s2)c1CCCCCC. The summed E-state index contributed by atoms with van der Waals surface area (Å²) in [5, 5.41) is 4.70. The Morgan fingerprint density at radius 2 is 0.686 bits per heavy atom. The normalized spacial score (nSPS) is 11.7. The third-order valence-corrected chi connectivity index (χ3v) is 16.8. The van der Waals surface area contributed by atoms with E-state index < -0.39 is 0 Å². The molecule has 0 aliphatic rings. The molecule has 5 aromatic rings. The molecule has 0 amide bonds. The Bertz CT molecular complexity index is 1610. The average Bonchev–Trinajstić information content (AvgIpc) is 3.97. The molecule has 0 N–H and O–H groups in total. The van der Waals surface area contributed by atoms with Crippen molar-refractivity contribution in [2.75, 3.05) is 0 Å². The first-order chi connectivity index (χ1) is 25.0. The van der Waals surface area contributed by atoms with Crippen molar-refractivity contribution in [1.82, 2.24) is 0 Å². The van der Waals surface area contributed by atoms with Crippen LogP contribution in [-0.4, -0.2) is 0 Å². The maximum Gasteiger partial charge on any atom is 0.0484 e. The van der Waals surface area contributed by atoms with Gasteiger partial charge in [0.1, 0.15) is 0 Å². The van der Waals surface area contributed by atoms with Crippen LogP contribution in [0.3, 0.4) is 0 Å². The van der Waals surface area contributed by atoms with Crippen LogP contribution in [0.25, 0.3) is 39.0 Å². The summed E-state index contributed by atoms with van der Waals surface area (Å²) in [4.78, 5) is 12.2. The summed E-state index contributed by atoms with van der Waals surface area (Å²) >= 11 is 10.2. The number of hydrogen-bond donors (Lipinski definition) is 0. The first-order valence-corrected chi connectivity index (χ1v) is 24.7. The minimum Gasteiger partial charge on any atom is -0.143 e. The molecule has 0 fully saturated rings. The molecule has 5 aromatic heterocycles. The monoisotopic (exact) mass is 776 g/mol. The number of hydrogen-bond acceptors (Lipinski definition) is 5. The molecule has 0 atom stereocenters. The molecule has 0 nitrogen and oxygen atoms in total. The predicted molar refractivity (Wildman–Crippen MR) is 238 cm³/mol. The average molecular weight is 777 g/mol. The zero-order valence-electron chi connectivity index (χ0n) is 32.6. The Kier molecular flexibility index (Phi) is 17.1. The van der Waals surface area contributed by atoms with E-state index in [2.05, 4.69) is 111 Å². The van der Waals surface area contributed by atoms with Crippen LogP contribution in [0.1, 0.15) is 164 Å². The fourth-order valence-electron chi connectivity index (χ4n) is 7.45. The van der Waals surface area contributed by atoms with Gasteiger partial charge in [-0.25, -0.2) is 0 Å². The maximum absolute atomic E-state index is 2.50. The molecule has 0 saturated heterocycles. The van der Waals surface area contributed by atoms with Crippen molar-refractivity contribution in [3.05, 3.63) is 68.4 Å². The van der Waals surface area contributed by atoms with Crippen molar-refractivity contribution < 1.29 is 0 Å². The minimum absolute atomic E-state index is 1.22. The summed E-state index contributed by atoms with van der Waals surface area (Å²) < 4.78 is 0. The molecule has 5 heteroatoms. The van der Waals surface area contributed by atoms with Gasteiger partial charge in [0.2, 0.25) is 0 Å². The Morgan fingerprint density at radius 1 is 0.373 bits per heavy atom. The molecule has 0 saturated carbocycles. The van der Waals surface area contributed by atoms with E-state index in [-0.39, 0.29) is 0 Å². The van der Waals surface area contributed by atoms with Crippen LogP contribution in [0.5, 0.6) is 0 Å². The van der Waals surface area contributed by atoms with E-state index in [4.69, 9.17) is 0 Å². The Hall–Kier alpha value is -1.50. The number of thiophene rings is 5. The summed E-state index contributed by atoms with van der Waals surface area (Å²) in [5.41, 5.74) is 9.51. The van der Waals surface area contributed by atoms with Gasteiger partial charge in [0.15, 0.2) is 0 Å². The maximum atomic E-state index is 2.50. The van der Waals surface area contributed by atoms with Gasteiger partial charge in [-0.05, 0) is 134 Å². The van der Waals surface area contributed by atoms with Gasteiger partial charge >= 0.3 is 0 Å². The smallest absolute Gasteiger partial charge is 0.0484 e. The third-order valence-electron chi connectivity index (χ3n) is 10.3. The van der Waals surface area contributed by atoms with Crippen molar-refractivity contribution >= 4 is 56.7 Å². The van der Waals surface area contributed by atoms with Crippen molar-refractivity contribution in [3.63, 3.8) is 0 Å². The first-order valence-electron chi connectivity index (χ1n) is 20.5. The second-order valence-corrected chi connectivity index (χ2v) is 19.8. The zero-order valence-corrected chi connectivity index (χ0v) is 36.7. The van der Waals surface area contributed by atoms with Crippen molar-refractivity contribution in [2.45, 2.75) is 170 Å². The van der Waals surface area contributed by atoms with E-state index in [9.17, 15) is 0 Å². The summed E-state index contributed by atoms with van der Waals surface area (Å²) in [7, 11) is 0. The van der Waals surface area contributed by atoms with Crippen LogP contribution in [0, 0.1) is 13.8 Å². The molecule has 5 heterocycles. The molecular formula is C46H64S5. The summed E-state index contributed by atoms with van der Waals surface area (Å²) in [5.74, 6) is 0. The van der Waals surface area contributed by atoms with Crippen molar-refractivity contribution in [3.8, 4) is 39.0 Å². The van der Waals surface area contributed by atoms with Gasteiger partial charge in [-0.2, -0.15) is 0 Å². The minimum atomic E-state index is 1.22. The van der Waals surface area contributed by atoms with Crippen LogP contribution >= 0.6 is 56.7 Å². The second kappa shape index (κ2) is 21.4. The number of rotatable bonds is 24. The molecule has 0 unspecified atom stereocenters. The lowest BCUT2D eigenvalue weighted by Crippen LogP contribution is -1.95. The van der Waals surface area contributed by atoms with Crippen LogP contribution in [0.2, 0.25) is 0 Å². The van der Waals surface area contributed by atoms with Crippen LogP contribution in [0.15, 0.2) is 35.0 Å². The molecular weight excluding hydrogens is 713 g/mol. The standard InChI is InChI=1S/C46H64S5/c1-7-11-15-19-23-35-37(25-21-17-13-9-3)45(41-29-33(5)31-47-41)50-43(35)39-27-28-40(49-39)44-36(24-20-16-12-8-2)38(26-22-18-14-10-4)46(51-44)42-30-34(6)32-48-42/h27-32H,7-26H2,1-6H3. The van der Waals surface area contributed by atoms with Crippen molar-refractivity contribution in [2.24, 2.45) is 0 Å². The molecule has 51 heavy (non-hydrogen) atoms. The Labute approximate surface area is 331 Å². The molecule has 0 spiro atoms. The van der Waals surface area contributed by atoms with Crippen molar-refractivity contribution in [1.29, 1.82) is 0 Å². The van der Waals surface area contributed by atoms with Crippen LogP contribution < -0.4 is 0 Å². The highest BCUT2D eigenvalue weighted by Gasteiger charge is 2.25. The summed E-state index contributed by atoms with van der Waals surface area (Å²) in [6.07, 6.45) is 26.0. The number of unbranched alkanes of at least 4 members (excludes halogenated alkanes) is 12.